The summed E-state index contributed by atoms with van der Waals surface area (Å²) in [5.74, 6) is 0. The summed E-state index contributed by atoms with van der Waals surface area (Å²) in [5, 5.41) is 0. The van der Waals surface area contributed by atoms with Crippen LogP contribution < -0.4 is 0 Å². The SMILES string of the molecule is CC.CN1CCCN(CC(F)(F)F)CC1. The van der Waals surface area contributed by atoms with Crippen molar-refractivity contribution in [1.82, 2.24) is 9.80 Å². The first-order valence-corrected chi connectivity index (χ1v) is 5.45. The molecule has 0 bridgehead atoms. The van der Waals surface area contributed by atoms with Crippen LogP contribution in [-0.4, -0.2) is 55.7 Å². The van der Waals surface area contributed by atoms with Crippen molar-refractivity contribution in [2.24, 2.45) is 0 Å². The lowest BCUT2D eigenvalue weighted by Crippen LogP contribution is -2.36. The van der Waals surface area contributed by atoms with E-state index in [1.807, 2.05) is 20.9 Å². The van der Waals surface area contributed by atoms with Crippen LogP contribution in [0.4, 0.5) is 13.2 Å². The van der Waals surface area contributed by atoms with Crippen LogP contribution in [0.15, 0.2) is 0 Å². The topological polar surface area (TPSA) is 6.48 Å². The quantitative estimate of drug-likeness (QED) is 0.676. The standard InChI is InChI=1S/C8H15F3N2.C2H6/c1-12-3-2-4-13(6-5-12)7-8(9,10)11;1-2/h2-7H2,1H3;1-2H3. The molecule has 0 saturated carbocycles. The van der Waals surface area contributed by atoms with Gasteiger partial charge in [-0.3, -0.25) is 4.90 Å². The van der Waals surface area contributed by atoms with E-state index in [1.165, 1.54) is 4.90 Å². The Morgan fingerprint density at radius 1 is 1.00 bits per heavy atom. The van der Waals surface area contributed by atoms with Gasteiger partial charge < -0.3 is 4.90 Å². The average molecular weight is 226 g/mol. The van der Waals surface area contributed by atoms with E-state index in [1.54, 1.807) is 0 Å². The fourth-order valence-corrected chi connectivity index (χ4v) is 1.51. The number of alkyl halides is 3. The minimum atomic E-state index is -4.05. The Kier molecular flexibility index (Phi) is 6.92. The van der Waals surface area contributed by atoms with Gasteiger partial charge in [-0.05, 0) is 26.6 Å². The van der Waals surface area contributed by atoms with Crippen LogP contribution in [0.25, 0.3) is 0 Å². The largest absolute Gasteiger partial charge is 0.401 e. The van der Waals surface area contributed by atoms with Crippen LogP contribution in [0.3, 0.4) is 0 Å². The molecule has 0 N–H and O–H groups in total. The fourth-order valence-electron chi connectivity index (χ4n) is 1.51. The summed E-state index contributed by atoms with van der Waals surface area (Å²) in [6.07, 6.45) is -3.23. The molecule has 2 nitrogen and oxygen atoms in total. The molecular weight excluding hydrogens is 205 g/mol. The van der Waals surface area contributed by atoms with Crippen LogP contribution in [0.2, 0.25) is 0 Å². The van der Waals surface area contributed by atoms with Gasteiger partial charge in [0.15, 0.2) is 0 Å². The Morgan fingerprint density at radius 2 is 1.60 bits per heavy atom. The third kappa shape index (κ3) is 7.62. The van der Waals surface area contributed by atoms with E-state index in [0.29, 0.717) is 13.1 Å². The second-order valence-corrected chi connectivity index (χ2v) is 3.55. The van der Waals surface area contributed by atoms with Gasteiger partial charge in [0.1, 0.15) is 0 Å². The summed E-state index contributed by atoms with van der Waals surface area (Å²) in [7, 11) is 1.94. The van der Waals surface area contributed by atoms with Crippen LogP contribution in [0.1, 0.15) is 20.3 Å². The molecule has 0 atom stereocenters. The molecule has 15 heavy (non-hydrogen) atoms. The van der Waals surface area contributed by atoms with Gasteiger partial charge in [-0.15, -0.1) is 0 Å². The Balaban J connectivity index is 0.000000921. The van der Waals surface area contributed by atoms with E-state index in [4.69, 9.17) is 0 Å². The van der Waals surface area contributed by atoms with Gasteiger partial charge in [-0.25, -0.2) is 0 Å². The zero-order valence-corrected chi connectivity index (χ0v) is 9.77. The van der Waals surface area contributed by atoms with Gasteiger partial charge >= 0.3 is 6.18 Å². The highest BCUT2D eigenvalue weighted by Crippen LogP contribution is 2.17. The summed E-state index contributed by atoms with van der Waals surface area (Å²) >= 11 is 0. The molecule has 1 saturated heterocycles. The molecule has 1 aliphatic rings. The molecule has 0 aromatic carbocycles. The first-order valence-electron chi connectivity index (χ1n) is 5.45. The fraction of sp³-hybridized carbons (Fsp3) is 1.00. The van der Waals surface area contributed by atoms with E-state index in [9.17, 15) is 13.2 Å². The number of hydrogen-bond acceptors (Lipinski definition) is 2. The molecule has 0 radical (unpaired) electrons. The zero-order valence-electron chi connectivity index (χ0n) is 9.77. The summed E-state index contributed by atoms with van der Waals surface area (Å²) in [5.41, 5.74) is 0. The number of likely N-dealkylation sites (N-methyl/N-ethyl adjacent to an activating group) is 1. The Labute approximate surface area is 90.0 Å². The van der Waals surface area contributed by atoms with E-state index in [-0.39, 0.29) is 0 Å². The number of rotatable bonds is 1. The minimum absolute atomic E-state index is 0.524. The predicted octanol–water partition coefficient (Wildman–Crippen LogP) is 2.21. The molecule has 0 aliphatic carbocycles. The molecule has 1 aliphatic heterocycles. The molecule has 1 heterocycles. The summed E-state index contributed by atoms with van der Waals surface area (Å²) < 4.78 is 36.0. The highest BCUT2D eigenvalue weighted by Gasteiger charge is 2.30. The van der Waals surface area contributed by atoms with Crippen LogP contribution in [0, 0.1) is 0 Å². The first kappa shape index (κ1) is 14.7. The molecular formula is C10H21F3N2. The Morgan fingerprint density at radius 3 is 2.13 bits per heavy atom. The zero-order chi connectivity index (χ0) is 11.9. The second-order valence-electron chi connectivity index (χ2n) is 3.55. The summed E-state index contributed by atoms with van der Waals surface area (Å²) in [6.45, 7) is 5.95. The third-order valence-electron chi connectivity index (χ3n) is 2.22. The van der Waals surface area contributed by atoms with E-state index >= 15 is 0 Å². The van der Waals surface area contributed by atoms with Crippen LogP contribution in [0.5, 0.6) is 0 Å². The number of halogens is 3. The monoisotopic (exact) mass is 226 g/mol. The summed E-state index contributed by atoms with van der Waals surface area (Å²) in [4.78, 5) is 3.54. The van der Waals surface area contributed by atoms with E-state index < -0.39 is 12.7 Å². The van der Waals surface area contributed by atoms with Gasteiger partial charge in [0, 0.05) is 13.1 Å². The van der Waals surface area contributed by atoms with Crippen molar-refractivity contribution in [3.63, 3.8) is 0 Å². The lowest BCUT2D eigenvalue weighted by Gasteiger charge is -2.21. The maximum absolute atomic E-state index is 12.0. The minimum Gasteiger partial charge on any atom is -0.305 e. The third-order valence-corrected chi connectivity index (χ3v) is 2.22. The van der Waals surface area contributed by atoms with Gasteiger partial charge in [-0.1, -0.05) is 13.8 Å². The van der Waals surface area contributed by atoms with Crippen molar-refractivity contribution < 1.29 is 13.2 Å². The van der Waals surface area contributed by atoms with Gasteiger partial charge in [0.25, 0.3) is 0 Å². The molecule has 92 valence electrons. The van der Waals surface area contributed by atoms with E-state index in [2.05, 4.69) is 4.90 Å². The van der Waals surface area contributed by atoms with Gasteiger partial charge in [-0.2, -0.15) is 13.2 Å². The van der Waals surface area contributed by atoms with Crippen LogP contribution in [-0.2, 0) is 0 Å². The summed E-state index contributed by atoms with van der Waals surface area (Å²) in [6, 6.07) is 0. The number of nitrogens with zero attached hydrogens (tertiary/aromatic N) is 2. The molecule has 1 fully saturated rings. The average Bonchev–Trinajstić information content (AvgIpc) is 2.32. The Hall–Kier alpha value is -0.290. The smallest absolute Gasteiger partial charge is 0.305 e. The maximum atomic E-state index is 12.0. The molecule has 0 spiro atoms. The van der Waals surface area contributed by atoms with Crippen molar-refractivity contribution >= 4 is 0 Å². The van der Waals surface area contributed by atoms with Gasteiger partial charge in [0.2, 0.25) is 0 Å². The Bertz CT molecular complexity index is 159. The van der Waals surface area contributed by atoms with Gasteiger partial charge in [0.05, 0.1) is 6.54 Å². The molecule has 1 rings (SSSR count). The van der Waals surface area contributed by atoms with E-state index in [0.717, 1.165) is 19.5 Å². The molecule has 0 aromatic rings. The van der Waals surface area contributed by atoms with Crippen molar-refractivity contribution in [3.8, 4) is 0 Å². The molecule has 0 aromatic heterocycles. The highest BCUT2D eigenvalue weighted by atomic mass is 19.4. The first-order chi connectivity index (χ1) is 6.97. The van der Waals surface area contributed by atoms with Crippen molar-refractivity contribution in [3.05, 3.63) is 0 Å². The van der Waals surface area contributed by atoms with Crippen molar-refractivity contribution in [2.45, 2.75) is 26.4 Å². The predicted molar refractivity (Wildman–Crippen MR) is 56.0 cm³/mol. The normalized spacial score (nSPS) is 20.4. The van der Waals surface area contributed by atoms with Crippen molar-refractivity contribution in [1.29, 1.82) is 0 Å². The molecule has 0 amide bonds. The highest BCUT2D eigenvalue weighted by molar-refractivity contribution is 4.69. The van der Waals surface area contributed by atoms with Crippen LogP contribution >= 0.6 is 0 Å². The lowest BCUT2D eigenvalue weighted by molar-refractivity contribution is -0.145. The molecule has 0 unspecified atom stereocenters. The molecule has 5 heteroatoms. The maximum Gasteiger partial charge on any atom is 0.401 e. The van der Waals surface area contributed by atoms with Crippen molar-refractivity contribution in [2.75, 3.05) is 39.8 Å². The lowest BCUT2D eigenvalue weighted by atomic mass is 10.4. The second kappa shape index (κ2) is 7.06. The number of hydrogen-bond donors (Lipinski definition) is 0.